The highest BCUT2D eigenvalue weighted by Gasteiger charge is 2.31. The SMILES string of the molecule is COCCOc1ccc2c(c1OC)-c1ccc(NS(C)(=O)=O)cc1C(c1ccccc1)O2. The summed E-state index contributed by atoms with van der Waals surface area (Å²) in [5.74, 6) is 1.79. The number of hydrogen-bond donors (Lipinski definition) is 1. The average molecular weight is 456 g/mol. The van der Waals surface area contributed by atoms with Crippen LogP contribution < -0.4 is 18.9 Å². The summed E-state index contributed by atoms with van der Waals surface area (Å²) in [5, 5.41) is 0. The van der Waals surface area contributed by atoms with E-state index in [1.165, 1.54) is 0 Å². The molecule has 3 aromatic carbocycles. The van der Waals surface area contributed by atoms with Gasteiger partial charge in [-0.25, -0.2) is 8.42 Å². The summed E-state index contributed by atoms with van der Waals surface area (Å²) in [5.41, 5.74) is 3.88. The molecule has 0 aromatic heterocycles. The number of rotatable bonds is 8. The number of sulfonamides is 1. The Morgan fingerprint density at radius 1 is 1.00 bits per heavy atom. The van der Waals surface area contributed by atoms with E-state index in [9.17, 15) is 8.42 Å². The Kier molecular flexibility index (Phi) is 6.25. The van der Waals surface area contributed by atoms with Crippen LogP contribution in [-0.2, 0) is 14.8 Å². The summed E-state index contributed by atoms with van der Waals surface area (Å²) in [7, 11) is -0.227. The zero-order chi connectivity index (χ0) is 22.7. The van der Waals surface area contributed by atoms with Crippen molar-refractivity contribution >= 4 is 15.7 Å². The van der Waals surface area contributed by atoms with Crippen molar-refractivity contribution < 1.29 is 27.4 Å². The van der Waals surface area contributed by atoms with Crippen molar-refractivity contribution in [2.75, 3.05) is 38.4 Å². The van der Waals surface area contributed by atoms with Gasteiger partial charge in [0, 0.05) is 18.4 Å². The molecule has 0 saturated heterocycles. The summed E-state index contributed by atoms with van der Waals surface area (Å²) in [6, 6.07) is 18.9. The number of benzene rings is 3. The lowest BCUT2D eigenvalue weighted by Crippen LogP contribution is -2.17. The molecule has 0 bridgehead atoms. The average Bonchev–Trinajstić information content (AvgIpc) is 2.78. The maximum absolute atomic E-state index is 11.8. The van der Waals surface area contributed by atoms with Crippen LogP contribution in [0.4, 0.5) is 5.69 Å². The lowest BCUT2D eigenvalue weighted by Gasteiger charge is -2.31. The van der Waals surface area contributed by atoms with Gasteiger partial charge in [-0.3, -0.25) is 4.72 Å². The maximum Gasteiger partial charge on any atom is 0.229 e. The van der Waals surface area contributed by atoms with E-state index in [1.807, 2.05) is 48.5 Å². The van der Waals surface area contributed by atoms with Gasteiger partial charge in [0.15, 0.2) is 11.5 Å². The fraction of sp³-hybridized carbons (Fsp3) is 0.250. The normalized spacial score (nSPS) is 14.7. The molecule has 0 spiro atoms. The molecule has 1 N–H and O–H groups in total. The van der Waals surface area contributed by atoms with E-state index >= 15 is 0 Å². The fourth-order valence-electron chi connectivity index (χ4n) is 3.80. The van der Waals surface area contributed by atoms with Gasteiger partial charge in [-0.15, -0.1) is 0 Å². The highest BCUT2D eigenvalue weighted by Crippen LogP contribution is 2.52. The molecule has 1 unspecified atom stereocenters. The molecular formula is C24H25NO6S. The molecule has 168 valence electrons. The summed E-state index contributed by atoms with van der Waals surface area (Å²) < 4.78 is 49.2. The number of ether oxygens (including phenoxy) is 4. The number of methoxy groups -OCH3 is 2. The number of fused-ring (bicyclic) bond motifs is 3. The van der Waals surface area contributed by atoms with Crippen molar-refractivity contribution in [3.63, 3.8) is 0 Å². The van der Waals surface area contributed by atoms with E-state index < -0.39 is 16.1 Å². The first kappa shape index (κ1) is 22.0. The van der Waals surface area contributed by atoms with E-state index in [0.717, 1.165) is 28.5 Å². The van der Waals surface area contributed by atoms with Crippen molar-refractivity contribution in [1.29, 1.82) is 0 Å². The van der Waals surface area contributed by atoms with Crippen molar-refractivity contribution in [3.05, 3.63) is 71.8 Å². The van der Waals surface area contributed by atoms with Crippen LogP contribution in [0, 0.1) is 0 Å². The smallest absolute Gasteiger partial charge is 0.229 e. The molecule has 4 rings (SSSR count). The molecule has 0 aliphatic carbocycles. The van der Waals surface area contributed by atoms with E-state index in [0.29, 0.717) is 36.1 Å². The van der Waals surface area contributed by atoms with Gasteiger partial charge in [0.25, 0.3) is 0 Å². The van der Waals surface area contributed by atoms with Crippen molar-refractivity contribution in [1.82, 2.24) is 0 Å². The molecule has 7 nitrogen and oxygen atoms in total. The summed E-state index contributed by atoms with van der Waals surface area (Å²) in [6.07, 6.45) is 0.713. The molecule has 1 atom stereocenters. The van der Waals surface area contributed by atoms with Crippen LogP contribution in [0.2, 0.25) is 0 Å². The van der Waals surface area contributed by atoms with E-state index in [-0.39, 0.29) is 0 Å². The Labute approximate surface area is 187 Å². The minimum atomic E-state index is -3.43. The molecule has 1 aliphatic heterocycles. The van der Waals surface area contributed by atoms with Gasteiger partial charge in [0.05, 0.1) is 25.5 Å². The second kappa shape index (κ2) is 9.10. The Balaban J connectivity index is 1.87. The molecule has 1 aliphatic rings. The quantitative estimate of drug-likeness (QED) is 0.512. The van der Waals surface area contributed by atoms with Gasteiger partial charge >= 0.3 is 0 Å². The summed E-state index contributed by atoms with van der Waals surface area (Å²) in [6.45, 7) is 0.827. The predicted octanol–water partition coefficient (Wildman–Crippen LogP) is 4.24. The van der Waals surface area contributed by atoms with Crippen LogP contribution in [0.5, 0.6) is 17.2 Å². The van der Waals surface area contributed by atoms with E-state index in [1.54, 1.807) is 26.4 Å². The molecule has 0 amide bonds. The molecule has 8 heteroatoms. The lowest BCUT2D eigenvalue weighted by atomic mass is 9.88. The van der Waals surface area contributed by atoms with Crippen molar-refractivity contribution in [3.8, 4) is 28.4 Å². The Morgan fingerprint density at radius 2 is 1.78 bits per heavy atom. The van der Waals surface area contributed by atoms with Crippen LogP contribution in [0.15, 0.2) is 60.7 Å². The van der Waals surface area contributed by atoms with Crippen molar-refractivity contribution in [2.24, 2.45) is 0 Å². The second-order valence-electron chi connectivity index (χ2n) is 7.40. The van der Waals surface area contributed by atoms with Crippen LogP contribution >= 0.6 is 0 Å². The molecule has 0 saturated carbocycles. The maximum atomic E-state index is 11.8. The third-order valence-corrected chi connectivity index (χ3v) is 5.69. The van der Waals surface area contributed by atoms with Crippen LogP contribution in [-0.4, -0.2) is 42.1 Å². The fourth-order valence-corrected chi connectivity index (χ4v) is 4.36. The molecule has 0 radical (unpaired) electrons. The number of hydrogen-bond acceptors (Lipinski definition) is 6. The van der Waals surface area contributed by atoms with Gasteiger partial charge in [0.2, 0.25) is 10.0 Å². The lowest BCUT2D eigenvalue weighted by molar-refractivity contribution is 0.144. The zero-order valence-corrected chi connectivity index (χ0v) is 18.9. The molecule has 0 fully saturated rings. The van der Waals surface area contributed by atoms with E-state index in [4.69, 9.17) is 18.9 Å². The van der Waals surface area contributed by atoms with Crippen molar-refractivity contribution in [2.45, 2.75) is 6.10 Å². The Bertz CT molecular complexity index is 1210. The zero-order valence-electron chi connectivity index (χ0n) is 18.1. The highest BCUT2D eigenvalue weighted by atomic mass is 32.2. The molecular weight excluding hydrogens is 430 g/mol. The standard InChI is InChI=1S/C24H25NO6S/c1-28-13-14-30-21-12-11-20-22(24(21)29-2)18-10-9-17(25-32(3,26)27)15-19(18)23(31-20)16-7-5-4-6-8-16/h4-12,15,23,25H,13-14H2,1-3H3. The Hall–Kier alpha value is -3.23. The van der Waals surface area contributed by atoms with Gasteiger partial charge in [-0.2, -0.15) is 0 Å². The van der Waals surface area contributed by atoms with Crippen LogP contribution in [0.1, 0.15) is 17.2 Å². The number of anilines is 1. The minimum Gasteiger partial charge on any atom is -0.492 e. The van der Waals surface area contributed by atoms with Gasteiger partial charge in [-0.05, 0) is 35.4 Å². The molecule has 1 heterocycles. The monoisotopic (exact) mass is 455 g/mol. The largest absolute Gasteiger partial charge is 0.492 e. The number of nitrogens with one attached hydrogen (secondary N) is 1. The second-order valence-corrected chi connectivity index (χ2v) is 9.14. The third kappa shape index (κ3) is 4.51. The van der Waals surface area contributed by atoms with E-state index in [2.05, 4.69) is 4.72 Å². The summed E-state index contributed by atoms with van der Waals surface area (Å²) in [4.78, 5) is 0. The third-order valence-electron chi connectivity index (χ3n) is 5.09. The topological polar surface area (TPSA) is 83.1 Å². The first-order valence-electron chi connectivity index (χ1n) is 10.1. The predicted molar refractivity (Wildman–Crippen MR) is 123 cm³/mol. The Morgan fingerprint density at radius 3 is 2.47 bits per heavy atom. The highest BCUT2D eigenvalue weighted by molar-refractivity contribution is 7.92. The summed E-state index contributed by atoms with van der Waals surface area (Å²) >= 11 is 0. The van der Waals surface area contributed by atoms with Gasteiger partial charge in [0.1, 0.15) is 18.5 Å². The first-order chi connectivity index (χ1) is 15.4. The first-order valence-corrected chi connectivity index (χ1v) is 12.0. The van der Waals surface area contributed by atoms with Crippen LogP contribution in [0.3, 0.4) is 0 Å². The van der Waals surface area contributed by atoms with Gasteiger partial charge in [-0.1, -0.05) is 36.4 Å². The molecule has 3 aromatic rings. The van der Waals surface area contributed by atoms with Crippen LogP contribution in [0.25, 0.3) is 11.1 Å². The minimum absolute atomic E-state index is 0.378. The van der Waals surface area contributed by atoms with Gasteiger partial charge < -0.3 is 18.9 Å². The molecule has 32 heavy (non-hydrogen) atoms.